The number of nitrogens with zero attached hydrogens (tertiary/aromatic N) is 3. The van der Waals surface area contributed by atoms with E-state index < -0.39 is 0 Å². The van der Waals surface area contributed by atoms with Crippen molar-refractivity contribution in [1.82, 2.24) is 0 Å². The molecule has 0 spiro atoms. The maximum atomic E-state index is 6.56. The highest BCUT2D eigenvalue weighted by atomic mass is 35.5. The van der Waals surface area contributed by atoms with Crippen molar-refractivity contribution in [3.63, 3.8) is 0 Å². The summed E-state index contributed by atoms with van der Waals surface area (Å²) in [7, 11) is 0. The smallest absolute Gasteiger partial charge is 0.263 e. The van der Waals surface area contributed by atoms with E-state index in [9.17, 15) is 0 Å². The first-order valence-corrected chi connectivity index (χ1v) is 14.7. The molecule has 0 saturated carbocycles. The Morgan fingerprint density at radius 3 is 2.15 bits per heavy atom. The van der Waals surface area contributed by atoms with Crippen molar-refractivity contribution in [2.45, 2.75) is 20.4 Å². The van der Waals surface area contributed by atoms with Gasteiger partial charge < -0.3 is 4.90 Å². The molecule has 0 radical (unpaired) electrons. The highest BCUT2D eigenvalue weighted by Crippen LogP contribution is 2.49. The van der Waals surface area contributed by atoms with Gasteiger partial charge in [0.15, 0.2) is 0 Å². The number of allylic oxidation sites excluding steroid dienone is 2. The zero-order valence-corrected chi connectivity index (χ0v) is 24.1. The molecule has 0 unspecified atom stereocenters. The predicted octanol–water partition coefficient (Wildman–Crippen LogP) is 9.58. The Morgan fingerprint density at radius 1 is 0.821 bits per heavy atom. The molecule has 0 saturated heterocycles. The molecule has 6 rings (SSSR count). The van der Waals surface area contributed by atoms with Gasteiger partial charge in [-0.3, -0.25) is 4.90 Å². The van der Waals surface area contributed by atoms with Gasteiger partial charge >= 0.3 is 0 Å². The second kappa shape index (κ2) is 10.9. The van der Waals surface area contributed by atoms with Crippen LogP contribution in [0.5, 0.6) is 0 Å². The Balaban J connectivity index is 1.60. The van der Waals surface area contributed by atoms with Crippen LogP contribution in [0.25, 0.3) is 21.9 Å². The SMILES string of the molecule is CCN1/C(=C/C(=C/c2sc3ccccc3[n+]2CC)c2ccccc2)N(c2ccccc2)c2cc(Cl)c(Cl)cc21. The van der Waals surface area contributed by atoms with E-state index in [-0.39, 0.29) is 0 Å². The van der Waals surface area contributed by atoms with Gasteiger partial charge in [0.05, 0.1) is 21.4 Å². The molecule has 2 heterocycles. The number of benzene rings is 4. The molecule has 0 bridgehead atoms. The molecule has 0 atom stereocenters. The maximum absolute atomic E-state index is 6.56. The number of aryl methyl sites for hydroxylation is 1. The summed E-state index contributed by atoms with van der Waals surface area (Å²) in [5.74, 6) is 1.05. The third kappa shape index (κ3) is 4.74. The fourth-order valence-electron chi connectivity index (χ4n) is 5.21. The highest BCUT2D eigenvalue weighted by molar-refractivity contribution is 7.18. The molecule has 3 nitrogen and oxygen atoms in total. The predicted molar refractivity (Wildman–Crippen MR) is 168 cm³/mol. The van der Waals surface area contributed by atoms with Crippen molar-refractivity contribution in [3.8, 4) is 0 Å². The number of aromatic nitrogens is 1. The minimum absolute atomic E-state index is 0.543. The first kappa shape index (κ1) is 25.7. The van der Waals surface area contributed by atoms with Crippen molar-refractivity contribution < 1.29 is 4.57 Å². The maximum Gasteiger partial charge on any atom is 0.263 e. The van der Waals surface area contributed by atoms with E-state index in [1.54, 1.807) is 0 Å². The minimum atomic E-state index is 0.543. The molecular formula is C33H28Cl2N3S+. The summed E-state index contributed by atoms with van der Waals surface area (Å²) >= 11 is 14.9. The largest absolute Gasteiger partial charge is 0.326 e. The summed E-state index contributed by atoms with van der Waals surface area (Å²) in [6, 6.07) is 33.6. The van der Waals surface area contributed by atoms with Gasteiger partial charge in [0.1, 0.15) is 17.1 Å². The Hall–Kier alpha value is -3.57. The van der Waals surface area contributed by atoms with Gasteiger partial charge in [-0.1, -0.05) is 95.2 Å². The van der Waals surface area contributed by atoms with Crippen molar-refractivity contribution in [2.75, 3.05) is 16.3 Å². The second-order valence-electron chi connectivity index (χ2n) is 9.29. The summed E-state index contributed by atoms with van der Waals surface area (Å²) in [4.78, 5) is 4.58. The lowest BCUT2D eigenvalue weighted by molar-refractivity contribution is -0.665. The Morgan fingerprint density at radius 2 is 1.46 bits per heavy atom. The van der Waals surface area contributed by atoms with Crippen LogP contribution in [0.3, 0.4) is 0 Å². The summed E-state index contributed by atoms with van der Waals surface area (Å²) in [6.45, 7) is 6.04. The number of para-hydroxylation sites is 2. The Bertz CT molecular complexity index is 1710. The lowest BCUT2D eigenvalue weighted by atomic mass is 10.0. The average Bonchev–Trinajstić information content (AvgIpc) is 3.47. The quantitative estimate of drug-likeness (QED) is 0.189. The summed E-state index contributed by atoms with van der Waals surface area (Å²) in [5, 5.41) is 2.31. The van der Waals surface area contributed by atoms with Gasteiger partial charge in [-0.2, -0.15) is 4.57 Å². The topological polar surface area (TPSA) is 10.4 Å². The highest BCUT2D eigenvalue weighted by Gasteiger charge is 2.33. The summed E-state index contributed by atoms with van der Waals surface area (Å²) in [5.41, 5.74) is 6.67. The van der Waals surface area contributed by atoms with Crippen LogP contribution >= 0.6 is 34.5 Å². The van der Waals surface area contributed by atoms with Crippen LogP contribution in [-0.2, 0) is 6.54 Å². The van der Waals surface area contributed by atoms with Gasteiger partial charge in [0.2, 0.25) is 5.52 Å². The van der Waals surface area contributed by atoms with Gasteiger partial charge in [-0.25, -0.2) is 0 Å². The molecule has 6 heteroatoms. The Kier molecular flexibility index (Phi) is 7.18. The molecule has 0 amide bonds. The van der Waals surface area contributed by atoms with Crippen LogP contribution in [0, 0.1) is 0 Å². The van der Waals surface area contributed by atoms with E-state index in [1.807, 2.05) is 29.5 Å². The monoisotopic (exact) mass is 568 g/mol. The zero-order valence-electron chi connectivity index (χ0n) is 21.8. The summed E-state index contributed by atoms with van der Waals surface area (Å²) in [6.07, 6.45) is 4.61. The molecule has 0 fully saturated rings. The molecule has 0 aliphatic carbocycles. The lowest BCUT2D eigenvalue weighted by Gasteiger charge is -2.25. The van der Waals surface area contributed by atoms with Gasteiger partial charge in [-0.05, 0) is 61.4 Å². The normalized spacial score (nSPS) is 14.5. The number of fused-ring (bicyclic) bond motifs is 2. The van der Waals surface area contributed by atoms with Crippen LogP contribution in [0.2, 0.25) is 10.0 Å². The van der Waals surface area contributed by atoms with E-state index in [2.05, 4.69) is 119 Å². The number of hydrogen-bond acceptors (Lipinski definition) is 3. The van der Waals surface area contributed by atoms with Crippen molar-refractivity contribution in [2.24, 2.45) is 0 Å². The molecule has 1 aromatic heterocycles. The molecule has 0 N–H and O–H groups in total. The third-order valence-corrected chi connectivity index (χ3v) is 8.84. The zero-order chi connectivity index (χ0) is 26.9. The number of thiazole rings is 1. The van der Waals surface area contributed by atoms with E-state index in [0.29, 0.717) is 10.0 Å². The molecule has 5 aromatic rings. The van der Waals surface area contributed by atoms with E-state index in [0.717, 1.165) is 47.1 Å². The lowest BCUT2D eigenvalue weighted by Crippen LogP contribution is -2.33. The molecule has 1 aliphatic rings. The standard InChI is InChI=1S/C33H28Cl2N3S/c1-3-36-29-21-26(34)27(35)22-30(29)38(25-15-9-6-10-16-25)32(36)19-24(23-13-7-5-8-14-23)20-33-37(4-2)28-17-11-12-18-31(28)39-33/h5-22H,3-4H2,1-2H3/q+1. The van der Waals surface area contributed by atoms with Crippen LogP contribution in [0.4, 0.5) is 17.1 Å². The van der Waals surface area contributed by atoms with Crippen molar-refractivity contribution in [1.29, 1.82) is 0 Å². The van der Waals surface area contributed by atoms with Crippen LogP contribution in [-0.4, -0.2) is 6.54 Å². The number of hydrogen-bond donors (Lipinski definition) is 0. The minimum Gasteiger partial charge on any atom is -0.326 e. The van der Waals surface area contributed by atoms with Gasteiger partial charge in [-0.15, -0.1) is 0 Å². The van der Waals surface area contributed by atoms with Gasteiger partial charge in [0.25, 0.3) is 5.01 Å². The van der Waals surface area contributed by atoms with E-state index in [4.69, 9.17) is 23.2 Å². The average molecular weight is 570 g/mol. The first-order chi connectivity index (χ1) is 19.1. The van der Waals surface area contributed by atoms with E-state index in [1.165, 1.54) is 15.2 Å². The van der Waals surface area contributed by atoms with Crippen LogP contribution in [0.1, 0.15) is 24.4 Å². The number of anilines is 3. The summed E-state index contributed by atoms with van der Waals surface area (Å²) < 4.78 is 3.67. The molecule has 1 aliphatic heterocycles. The molecule has 39 heavy (non-hydrogen) atoms. The van der Waals surface area contributed by atoms with Crippen LogP contribution < -0.4 is 14.4 Å². The van der Waals surface area contributed by atoms with Crippen molar-refractivity contribution in [3.05, 3.63) is 130 Å². The second-order valence-corrected chi connectivity index (χ2v) is 11.2. The fourth-order valence-corrected chi connectivity index (χ4v) is 6.70. The number of halogens is 2. The van der Waals surface area contributed by atoms with Crippen LogP contribution in [0.15, 0.2) is 109 Å². The molecule has 4 aromatic carbocycles. The van der Waals surface area contributed by atoms with Crippen molar-refractivity contribution >= 4 is 73.5 Å². The van der Waals surface area contributed by atoms with E-state index >= 15 is 0 Å². The Labute approximate surface area is 243 Å². The number of rotatable bonds is 6. The van der Waals surface area contributed by atoms with Gasteiger partial charge in [0, 0.05) is 24.4 Å². The molecular weight excluding hydrogens is 541 g/mol. The fraction of sp³-hybridized carbons (Fsp3) is 0.121. The third-order valence-electron chi connectivity index (χ3n) is 7.01. The first-order valence-electron chi connectivity index (χ1n) is 13.1. The molecule has 194 valence electrons.